The van der Waals surface area contributed by atoms with Crippen LogP contribution in [0.5, 0.6) is 0 Å². The lowest BCUT2D eigenvalue weighted by Gasteiger charge is -2.16. The van der Waals surface area contributed by atoms with Gasteiger partial charge in [-0.05, 0) is 24.8 Å². The Hall–Kier alpha value is -1.39. The zero-order valence-corrected chi connectivity index (χ0v) is 11.5. The van der Waals surface area contributed by atoms with Crippen molar-refractivity contribution in [2.24, 2.45) is 0 Å². The van der Waals surface area contributed by atoms with Crippen LogP contribution in [0.1, 0.15) is 24.8 Å². The Kier molecular flexibility index (Phi) is 7.86. The fourth-order valence-corrected chi connectivity index (χ4v) is 1.95. The highest BCUT2D eigenvalue weighted by atomic mass is 16.5. The molecule has 4 heteroatoms. The summed E-state index contributed by atoms with van der Waals surface area (Å²) in [6.07, 6.45) is 2.76. The minimum Gasteiger partial charge on any atom is -0.396 e. The molecule has 106 valence electrons. The quantitative estimate of drug-likeness (QED) is 0.712. The second-order valence-electron chi connectivity index (χ2n) is 4.57. The molecule has 0 spiro atoms. The third kappa shape index (κ3) is 6.94. The predicted octanol–water partition coefficient (Wildman–Crippen LogP) is 1.52. The molecule has 1 rings (SSSR count). The summed E-state index contributed by atoms with van der Waals surface area (Å²) >= 11 is 0. The number of hydrogen-bond donors (Lipinski definition) is 2. The van der Waals surface area contributed by atoms with E-state index in [4.69, 9.17) is 9.84 Å². The molecule has 0 radical (unpaired) electrons. The first-order chi connectivity index (χ1) is 9.26. The number of rotatable bonds is 9. The summed E-state index contributed by atoms with van der Waals surface area (Å²) in [5.41, 5.74) is 1.25. The third-order valence-corrected chi connectivity index (χ3v) is 2.92. The second kappa shape index (κ2) is 9.53. The van der Waals surface area contributed by atoms with Gasteiger partial charge in [-0.25, -0.2) is 0 Å². The molecule has 0 aliphatic carbocycles. The molecule has 0 aliphatic rings. The third-order valence-electron chi connectivity index (χ3n) is 2.92. The summed E-state index contributed by atoms with van der Waals surface area (Å²) in [6.45, 7) is 0.489. The largest absolute Gasteiger partial charge is 0.396 e. The number of benzene rings is 1. The van der Waals surface area contributed by atoms with E-state index in [1.807, 2.05) is 18.2 Å². The fourth-order valence-electron chi connectivity index (χ4n) is 1.95. The predicted molar refractivity (Wildman–Crippen MR) is 74.9 cm³/mol. The van der Waals surface area contributed by atoms with E-state index in [0.29, 0.717) is 19.4 Å². The van der Waals surface area contributed by atoms with Crippen molar-refractivity contribution in [3.05, 3.63) is 35.9 Å². The van der Waals surface area contributed by atoms with Crippen molar-refractivity contribution < 1.29 is 14.6 Å². The van der Waals surface area contributed by atoms with Crippen LogP contribution in [0.4, 0.5) is 0 Å². The fraction of sp³-hybridized carbons (Fsp3) is 0.533. The average molecular weight is 265 g/mol. The van der Waals surface area contributed by atoms with E-state index < -0.39 is 0 Å². The number of carbonyl (C=O) groups is 1. The Balaban J connectivity index is 2.23. The monoisotopic (exact) mass is 265 g/mol. The molecule has 4 nitrogen and oxygen atoms in total. The standard InChI is InChI=1S/C15H23NO3/c1-19-12-14(10-11-17)16-15(18)9-5-8-13-6-3-2-4-7-13/h2-4,6-7,14,17H,5,8-12H2,1H3,(H,16,18). The molecule has 1 unspecified atom stereocenters. The van der Waals surface area contributed by atoms with E-state index in [1.54, 1.807) is 7.11 Å². The SMILES string of the molecule is COCC(CCO)NC(=O)CCCc1ccccc1. The number of carbonyl (C=O) groups excluding carboxylic acids is 1. The molecule has 2 N–H and O–H groups in total. The molecule has 1 amide bonds. The molecule has 1 aromatic rings. The summed E-state index contributed by atoms with van der Waals surface area (Å²) < 4.78 is 5.01. The van der Waals surface area contributed by atoms with Crippen molar-refractivity contribution in [3.8, 4) is 0 Å². The van der Waals surface area contributed by atoms with Crippen molar-refractivity contribution in [1.29, 1.82) is 0 Å². The smallest absolute Gasteiger partial charge is 0.220 e. The van der Waals surface area contributed by atoms with Gasteiger partial charge in [0.05, 0.1) is 12.6 Å². The molecule has 0 saturated heterocycles. The molecule has 0 fully saturated rings. The summed E-state index contributed by atoms with van der Waals surface area (Å²) in [4.78, 5) is 11.7. The molecular formula is C15H23NO3. The minimum atomic E-state index is -0.0979. The molecular weight excluding hydrogens is 242 g/mol. The van der Waals surface area contributed by atoms with Crippen LogP contribution < -0.4 is 5.32 Å². The van der Waals surface area contributed by atoms with Crippen LogP contribution in [-0.4, -0.2) is 37.4 Å². The van der Waals surface area contributed by atoms with Crippen molar-refractivity contribution in [3.63, 3.8) is 0 Å². The lowest BCUT2D eigenvalue weighted by Crippen LogP contribution is -2.38. The summed E-state index contributed by atoms with van der Waals surface area (Å²) in [5, 5.41) is 11.8. The number of aliphatic hydroxyl groups is 1. The van der Waals surface area contributed by atoms with Gasteiger partial charge in [0.2, 0.25) is 5.91 Å². The van der Waals surface area contributed by atoms with E-state index in [1.165, 1.54) is 5.56 Å². The van der Waals surface area contributed by atoms with Gasteiger partial charge >= 0.3 is 0 Å². The summed E-state index contributed by atoms with van der Waals surface area (Å²) in [6, 6.07) is 10.0. The average Bonchev–Trinajstić information content (AvgIpc) is 2.40. The highest BCUT2D eigenvalue weighted by molar-refractivity contribution is 5.76. The number of aliphatic hydroxyl groups excluding tert-OH is 1. The Morgan fingerprint density at radius 3 is 2.74 bits per heavy atom. The van der Waals surface area contributed by atoms with Gasteiger partial charge in [-0.3, -0.25) is 4.79 Å². The van der Waals surface area contributed by atoms with E-state index in [2.05, 4.69) is 17.4 Å². The van der Waals surface area contributed by atoms with Gasteiger partial charge < -0.3 is 15.2 Å². The van der Waals surface area contributed by atoms with Crippen LogP contribution in [0, 0.1) is 0 Å². The van der Waals surface area contributed by atoms with E-state index in [0.717, 1.165) is 12.8 Å². The second-order valence-corrected chi connectivity index (χ2v) is 4.57. The lowest BCUT2D eigenvalue weighted by molar-refractivity contribution is -0.122. The maximum absolute atomic E-state index is 11.7. The normalized spacial score (nSPS) is 12.1. The molecule has 19 heavy (non-hydrogen) atoms. The number of aryl methyl sites for hydroxylation is 1. The molecule has 0 saturated carbocycles. The molecule has 1 atom stereocenters. The van der Waals surface area contributed by atoms with Crippen molar-refractivity contribution in [2.75, 3.05) is 20.3 Å². The number of amides is 1. The van der Waals surface area contributed by atoms with Crippen LogP contribution in [0.25, 0.3) is 0 Å². The molecule has 0 heterocycles. The summed E-state index contributed by atoms with van der Waals surface area (Å²) in [7, 11) is 1.59. The van der Waals surface area contributed by atoms with E-state index in [-0.39, 0.29) is 18.6 Å². The lowest BCUT2D eigenvalue weighted by atomic mass is 10.1. The first-order valence-corrected chi connectivity index (χ1v) is 6.69. The summed E-state index contributed by atoms with van der Waals surface area (Å²) in [5.74, 6) is 0.0198. The van der Waals surface area contributed by atoms with Gasteiger partial charge in [0.25, 0.3) is 0 Å². The van der Waals surface area contributed by atoms with Crippen LogP contribution >= 0.6 is 0 Å². The van der Waals surface area contributed by atoms with E-state index in [9.17, 15) is 4.79 Å². The number of ether oxygens (including phenoxy) is 1. The van der Waals surface area contributed by atoms with Crippen molar-refractivity contribution in [2.45, 2.75) is 31.7 Å². The zero-order valence-electron chi connectivity index (χ0n) is 11.5. The zero-order chi connectivity index (χ0) is 13.9. The van der Waals surface area contributed by atoms with E-state index >= 15 is 0 Å². The maximum atomic E-state index is 11.7. The Morgan fingerprint density at radius 1 is 1.37 bits per heavy atom. The van der Waals surface area contributed by atoms with Gasteiger partial charge in [0, 0.05) is 20.1 Å². The first kappa shape index (κ1) is 15.7. The number of hydrogen-bond acceptors (Lipinski definition) is 3. The molecule has 0 aliphatic heterocycles. The van der Waals surface area contributed by atoms with Crippen LogP contribution in [-0.2, 0) is 16.0 Å². The molecule has 0 bridgehead atoms. The Bertz CT molecular complexity index is 348. The Morgan fingerprint density at radius 2 is 2.11 bits per heavy atom. The topological polar surface area (TPSA) is 58.6 Å². The van der Waals surface area contributed by atoms with Crippen molar-refractivity contribution >= 4 is 5.91 Å². The van der Waals surface area contributed by atoms with Gasteiger partial charge in [0.15, 0.2) is 0 Å². The van der Waals surface area contributed by atoms with Gasteiger partial charge in [0.1, 0.15) is 0 Å². The van der Waals surface area contributed by atoms with Crippen LogP contribution in [0.15, 0.2) is 30.3 Å². The van der Waals surface area contributed by atoms with Crippen molar-refractivity contribution in [1.82, 2.24) is 5.32 Å². The number of methoxy groups -OCH3 is 1. The van der Waals surface area contributed by atoms with Gasteiger partial charge in [-0.1, -0.05) is 30.3 Å². The number of nitrogens with one attached hydrogen (secondary N) is 1. The Labute approximate surface area is 114 Å². The van der Waals surface area contributed by atoms with Gasteiger partial charge in [-0.2, -0.15) is 0 Å². The maximum Gasteiger partial charge on any atom is 0.220 e. The minimum absolute atomic E-state index is 0.0198. The molecule has 0 aromatic heterocycles. The molecule has 1 aromatic carbocycles. The van der Waals surface area contributed by atoms with Crippen LogP contribution in [0.2, 0.25) is 0 Å². The first-order valence-electron chi connectivity index (χ1n) is 6.69. The highest BCUT2D eigenvalue weighted by Crippen LogP contribution is 2.04. The van der Waals surface area contributed by atoms with Crippen LogP contribution in [0.3, 0.4) is 0 Å². The highest BCUT2D eigenvalue weighted by Gasteiger charge is 2.11. The van der Waals surface area contributed by atoms with Gasteiger partial charge in [-0.15, -0.1) is 0 Å².